The van der Waals surface area contributed by atoms with E-state index in [1.807, 2.05) is 59.0 Å². The predicted octanol–water partition coefficient (Wildman–Crippen LogP) is 2.79. The summed E-state index contributed by atoms with van der Waals surface area (Å²) in [6, 6.07) is 22.2. The summed E-state index contributed by atoms with van der Waals surface area (Å²) in [4.78, 5) is 25.3. The molecule has 2 heterocycles. The normalized spacial score (nSPS) is 11.2. The average Bonchev–Trinajstić information content (AvgIpc) is 3.26. The largest absolute Gasteiger partial charge is 0.497 e. The van der Waals surface area contributed by atoms with E-state index in [-0.39, 0.29) is 11.1 Å². The van der Waals surface area contributed by atoms with Crippen molar-refractivity contribution >= 4 is 22.6 Å². The van der Waals surface area contributed by atoms with Crippen LogP contribution in [0.2, 0.25) is 0 Å². The van der Waals surface area contributed by atoms with E-state index >= 15 is 0 Å². The Bertz CT molecular complexity index is 1540. The molecule has 164 valence electrons. The monoisotopic (exact) mass is 439 g/mol. The van der Waals surface area contributed by atoms with E-state index in [4.69, 9.17) is 10.5 Å². The summed E-state index contributed by atoms with van der Waals surface area (Å²) in [5, 5.41) is 9.17. The number of nitrogens with zero attached hydrogens (tertiary/aromatic N) is 4. The number of hydrogen-bond donors (Lipinski definition) is 1. The summed E-state index contributed by atoms with van der Waals surface area (Å²) < 4.78 is 8.69. The third-order valence-corrected chi connectivity index (χ3v) is 5.66. The lowest BCUT2D eigenvalue weighted by atomic mass is 10.1. The van der Waals surface area contributed by atoms with Crippen LogP contribution < -0.4 is 16.0 Å². The van der Waals surface area contributed by atoms with Gasteiger partial charge in [0.05, 0.1) is 24.6 Å². The predicted molar refractivity (Wildman–Crippen MR) is 125 cm³/mol. The van der Waals surface area contributed by atoms with Crippen LogP contribution in [0.25, 0.3) is 16.7 Å². The highest BCUT2D eigenvalue weighted by molar-refractivity contribution is 5.97. The number of methoxy groups -OCH3 is 1. The molecule has 0 atom stereocenters. The van der Waals surface area contributed by atoms with Crippen molar-refractivity contribution in [2.75, 3.05) is 7.11 Å². The second-order valence-corrected chi connectivity index (χ2v) is 7.75. The number of carbonyl (C=O) groups excluding carboxylic acids is 1. The number of rotatable bonds is 6. The quantitative estimate of drug-likeness (QED) is 0.438. The maximum atomic E-state index is 13.5. The van der Waals surface area contributed by atoms with Gasteiger partial charge in [-0.2, -0.15) is 0 Å². The van der Waals surface area contributed by atoms with E-state index in [9.17, 15) is 9.59 Å². The highest BCUT2D eigenvalue weighted by atomic mass is 16.5. The van der Waals surface area contributed by atoms with Gasteiger partial charge < -0.3 is 10.5 Å². The molecule has 0 bridgehead atoms. The number of aromatic nitrogens is 4. The molecule has 33 heavy (non-hydrogen) atoms. The van der Waals surface area contributed by atoms with Crippen LogP contribution in [0, 0.1) is 0 Å². The van der Waals surface area contributed by atoms with E-state index in [1.165, 1.54) is 6.07 Å². The maximum Gasteiger partial charge on any atom is 0.263 e. The summed E-state index contributed by atoms with van der Waals surface area (Å²) in [5.74, 6) is 1.29. The van der Waals surface area contributed by atoms with Gasteiger partial charge in [0.25, 0.3) is 5.56 Å². The van der Waals surface area contributed by atoms with E-state index in [0.717, 1.165) is 16.9 Å². The molecule has 0 aliphatic carbocycles. The number of ether oxygens (including phenoxy) is 1. The van der Waals surface area contributed by atoms with Crippen LogP contribution in [-0.2, 0) is 13.0 Å². The molecule has 0 unspecified atom stereocenters. The second-order valence-electron chi connectivity index (χ2n) is 7.75. The SMILES string of the molecule is COc1ccc(Cc2nnc3n(Cc4ccccc4)c(=O)c4cc(C(N)=O)ccc4n23)cc1. The Balaban J connectivity index is 1.73. The van der Waals surface area contributed by atoms with Crippen LogP contribution in [0.5, 0.6) is 5.75 Å². The molecule has 5 aromatic rings. The Hall–Kier alpha value is -4.46. The third kappa shape index (κ3) is 3.71. The van der Waals surface area contributed by atoms with Gasteiger partial charge in [-0.25, -0.2) is 0 Å². The average molecular weight is 439 g/mol. The molecule has 3 aromatic carbocycles. The van der Waals surface area contributed by atoms with E-state index in [0.29, 0.717) is 35.5 Å². The van der Waals surface area contributed by atoms with Gasteiger partial charge in [-0.3, -0.25) is 18.6 Å². The molecule has 1 amide bonds. The van der Waals surface area contributed by atoms with Crippen LogP contribution in [-0.4, -0.2) is 32.2 Å². The van der Waals surface area contributed by atoms with Gasteiger partial charge in [0.2, 0.25) is 11.7 Å². The van der Waals surface area contributed by atoms with E-state index in [1.54, 1.807) is 23.8 Å². The number of carbonyl (C=O) groups is 1. The topological polar surface area (TPSA) is 105 Å². The highest BCUT2D eigenvalue weighted by Gasteiger charge is 2.18. The fourth-order valence-corrected chi connectivity index (χ4v) is 3.97. The molecule has 2 aromatic heterocycles. The summed E-state index contributed by atoms with van der Waals surface area (Å²) >= 11 is 0. The van der Waals surface area contributed by atoms with Crippen LogP contribution in [0.3, 0.4) is 0 Å². The van der Waals surface area contributed by atoms with Crippen LogP contribution in [0.1, 0.15) is 27.3 Å². The van der Waals surface area contributed by atoms with Crippen LogP contribution in [0.15, 0.2) is 77.6 Å². The van der Waals surface area contributed by atoms with Crippen molar-refractivity contribution in [1.29, 1.82) is 0 Å². The van der Waals surface area contributed by atoms with Crippen molar-refractivity contribution in [2.45, 2.75) is 13.0 Å². The first kappa shape index (κ1) is 20.4. The van der Waals surface area contributed by atoms with Crippen molar-refractivity contribution in [1.82, 2.24) is 19.2 Å². The molecular weight excluding hydrogens is 418 g/mol. The number of primary amides is 1. The van der Waals surface area contributed by atoms with Gasteiger partial charge in [0.1, 0.15) is 11.6 Å². The Morgan fingerprint density at radius 3 is 2.42 bits per heavy atom. The van der Waals surface area contributed by atoms with Crippen molar-refractivity contribution in [3.63, 3.8) is 0 Å². The summed E-state index contributed by atoms with van der Waals surface area (Å²) in [6.45, 7) is 0.320. The Labute approximate surface area is 188 Å². The summed E-state index contributed by atoms with van der Waals surface area (Å²) in [5.41, 5.74) is 8.09. The van der Waals surface area contributed by atoms with Gasteiger partial charge in [-0.1, -0.05) is 42.5 Å². The first-order valence-corrected chi connectivity index (χ1v) is 10.4. The smallest absolute Gasteiger partial charge is 0.263 e. The van der Waals surface area contributed by atoms with Crippen molar-refractivity contribution < 1.29 is 9.53 Å². The van der Waals surface area contributed by atoms with Gasteiger partial charge in [-0.15, -0.1) is 10.2 Å². The minimum Gasteiger partial charge on any atom is -0.497 e. The summed E-state index contributed by atoms with van der Waals surface area (Å²) in [6.07, 6.45) is 0.501. The number of benzene rings is 3. The van der Waals surface area contributed by atoms with E-state index < -0.39 is 5.91 Å². The lowest BCUT2D eigenvalue weighted by molar-refractivity contribution is 0.100. The Morgan fingerprint density at radius 2 is 1.73 bits per heavy atom. The first-order valence-electron chi connectivity index (χ1n) is 10.4. The zero-order valence-corrected chi connectivity index (χ0v) is 17.9. The van der Waals surface area contributed by atoms with E-state index in [2.05, 4.69) is 10.2 Å². The fraction of sp³-hybridized carbons (Fsp3) is 0.120. The van der Waals surface area contributed by atoms with Crippen molar-refractivity contribution in [3.05, 3.63) is 106 Å². The lowest BCUT2D eigenvalue weighted by Crippen LogP contribution is -2.25. The summed E-state index contributed by atoms with van der Waals surface area (Å²) in [7, 11) is 1.62. The molecule has 0 aliphatic rings. The Morgan fingerprint density at radius 1 is 0.970 bits per heavy atom. The zero-order valence-electron chi connectivity index (χ0n) is 17.9. The molecule has 0 fully saturated rings. The molecule has 0 spiro atoms. The number of fused-ring (bicyclic) bond motifs is 3. The minimum atomic E-state index is -0.590. The molecule has 0 aliphatic heterocycles. The molecule has 8 nitrogen and oxygen atoms in total. The molecule has 5 rings (SSSR count). The molecule has 2 N–H and O–H groups in total. The van der Waals surface area contributed by atoms with Gasteiger partial charge in [0, 0.05) is 12.0 Å². The number of amides is 1. The molecule has 0 saturated heterocycles. The number of nitrogens with two attached hydrogens (primary N) is 1. The Kier molecular flexibility index (Phi) is 5.10. The number of hydrogen-bond acceptors (Lipinski definition) is 5. The first-order chi connectivity index (χ1) is 16.0. The standard InChI is InChI=1S/C25H21N5O3/c1-33-19-10-7-16(8-11-19)13-22-27-28-25-29(15-17-5-3-2-4-6-17)24(32)20-14-18(23(26)31)9-12-21(20)30(22)25/h2-12,14H,13,15H2,1H3,(H2,26,31). The third-order valence-electron chi connectivity index (χ3n) is 5.66. The maximum absolute atomic E-state index is 13.5. The molecule has 8 heteroatoms. The molecule has 0 saturated carbocycles. The van der Waals surface area contributed by atoms with Gasteiger partial charge in [0.15, 0.2) is 0 Å². The lowest BCUT2D eigenvalue weighted by Gasteiger charge is -2.12. The van der Waals surface area contributed by atoms with Gasteiger partial charge in [-0.05, 0) is 41.5 Å². The van der Waals surface area contributed by atoms with Crippen LogP contribution in [0.4, 0.5) is 0 Å². The van der Waals surface area contributed by atoms with Crippen molar-refractivity contribution in [3.8, 4) is 5.75 Å². The molecule has 0 radical (unpaired) electrons. The fourth-order valence-electron chi connectivity index (χ4n) is 3.97. The molecular formula is C25H21N5O3. The van der Waals surface area contributed by atoms with Gasteiger partial charge >= 0.3 is 0 Å². The van der Waals surface area contributed by atoms with Crippen molar-refractivity contribution in [2.24, 2.45) is 5.73 Å². The zero-order chi connectivity index (χ0) is 22.9. The van der Waals surface area contributed by atoms with Crippen LogP contribution >= 0.6 is 0 Å². The highest BCUT2D eigenvalue weighted by Crippen LogP contribution is 2.20. The minimum absolute atomic E-state index is 0.257. The second kappa shape index (κ2) is 8.23.